The van der Waals surface area contributed by atoms with E-state index in [2.05, 4.69) is 51.8 Å². The minimum atomic E-state index is -0.121. The van der Waals surface area contributed by atoms with Crippen molar-refractivity contribution in [3.8, 4) is 0 Å². The highest BCUT2D eigenvalue weighted by Crippen LogP contribution is 2.16. The molecule has 0 saturated carbocycles. The number of ether oxygens (including phenoxy) is 1. The largest absolute Gasteiger partial charge is 0.382 e. The highest BCUT2D eigenvalue weighted by molar-refractivity contribution is 9.10. The van der Waals surface area contributed by atoms with Gasteiger partial charge in [0.05, 0.1) is 6.54 Å². The Labute approximate surface area is 235 Å². The van der Waals surface area contributed by atoms with Crippen LogP contribution in [0.1, 0.15) is 60.3 Å². The van der Waals surface area contributed by atoms with Gasteiger partial charge in [0.1, 0.15) is 6.54 Å². The Morgan fingerprint density at radius 1 is 0.921 bits per heavy atom. The molecular weight excluding hydrogens is 542 g/mol. The SMILES string of the molecule is CCCCN(Cc1cccn1Cc1ccc(Br)cc1)C(=O)CN(CCCOCC)C(=O)c1ccc(C)cc1. The van der Waals surface area contributed by atoms with Crippen LogP contribution < -0.4 is 0 Å². The molecule has 2 aromatic carbocycles. The van der Waals surface area contributed by atoms with Crippen LogP contribution in [0.4, 0.5) is 0 Å². The molecule has 1 heterocycles. The Bertz CT molecular complexity index is 1140. The van der Waals surface area contributed by atoms with Gasteiger partial charge in [-0.05, 0) is 68.7 Å². The van der Waals surface area contributed by atoms with Gasteiger partial charge in [-0.15, -0.1) is 0 Å². The molecule has 0 unspecified atom stereocenters. The van der Waals surface area contributed by atoms with Gasteiger partial charge >= 0.3 is 0 Å². The lowest BCUT2D eigenvalue weighted by Gasteiger charge is -2.28. The molecule has 1 aromatic heterocycles. The zero-order valence-corrected chi connectivity index (χ0v) is 24.5. The minimum Gasteiger partial charge on any atom is -0.382 e. The fourth-order valence-electron chi connectivity index (χ4n) is 4.27. The van der Waals surface area contributed by atoms with Crippen LogP contribution in [-0.4, -0.2) is 59.0 Å². The van der Waals surface area contributed by atoms with E-state index in [9.17, 15) is 9.59 Å². The summed E-state index contributed by atoms with van der Waals surface area (Å²) >= 11 is 3.50. The molecule has 0 saturated heterocycles. The van der Waals surface area contributed by atoms with Crippen LogP contribution in [0.25, 0.3) is 0 Å². The van der Waals surface area contributed by atoms with Crippen LogP contribution in [-0.2, 0) is 22.6 Å². The van der Waals surface area contributed by atoms with E-state index < -0.39 is 0 Å². The molecule has 0 aliphatic heterocycles. The minimum absolute atomic E-state index is 0.0355. The first-order chi connectivity index (χ1) is 18.4. The molecular formula is C31H40BrN3O3. The van der Waals surface area contributed by atoms with Crippen molar-refractivity contribution in [2.75, 3.05) is 32.8 Å². The molecule has 6 nitrogen and oxygen atoms in total. The third kappa shape index (κ3) is 9.14. The van der Waals surface area contributed by atoms with E-state index in [1.165, 1.54) is 5.56 Å². The Hall–Kier alpha value is -2.90. The second-order valence-electron chi connectivity index (χ2n) is 9.57. The van der Waals surface area contributed by atoms with E-state index in [1.54, 1.807) is 4.90 Å². The number of aromatic nitrogens is 1. The molecule has 0 N–H and O–H groups in total. The van der Waals surface area contributed by atoms with Gasteiger partial charge in [0, 0.05) is 54.8 Å². The molecule has 0 aliphatic carbocycles. The summed E-state index contributed by atoms with van der Waals surface area (Å²) in [6.45, 7) is 9.70. The number of rotatable bonds is 15. The maximum Gasteiger partial charge on any atom is 0.254 e. The lowest BCUT2D eigenvalue weighted by molar-refractivity contribution is -0.132. The van der Waals surface area contributed by atoms with Crippen molar-refractivity contribution in [1.82, 2.24) is 14.4 Å². The lowest BCUT2D eigenvalue weighted by Crippen LogP contribution is -2.43. The van der Waals surface area contributed by atoms with Gasteiger partial charge in [-0.25, -0.2) is 0 Å². The first-order valence-corrected chi connectivity index (χ1v) is 14.3. The van der Waals surface area contributed by atoms with Crippen molar-refractivity contribution < 1.29 is 14.3 Å². The van der Waals surface area contributed by atoms with Crippen LogP contribution in [0.2, 0.25) is 0 Å². The third-order valence-corrected chi connectivity index (χ3v) is 7.04. The van der Waals surface area contributed by atoms with Gasteiger partial charge in [-0.1, -0.05) is 59.1 Å². The average molecular weight is 583 g/mol. The predicted octanol–water partition coefficient (Wildman–Crippen LogP) is 6.31. The van der Waals surface area contributed by atoms with Gasteiger partial charge < -0.3 is 19.1 Å². The van der Waals surface area contributed by atoms with Crippen molar-refractivity contribution in [2.45, 2.75) is 53.1 Å². The molecule has 3 rings (SSSR count). The van der Waals surface area contributed by atoms with Gasteiger partial charge in [0.2, 0.25) is 5.91 Å². The number of carbonyl (C=O) groups is 2. The number of amides is 2. The number of carbonyl (C=O) groups excluding carboxylic acids is 2. The van der Waals surface area contributed by atoms with Crippen LogP contribution in [0.3, 0.4) is 0 Å². The number of aryl methyl sites for hydroxylation is 1. The lowest BCUT2D eigenvalue weighted by atomic mass is 10.1. The first kappa shape index (κ1) is 29.7. The number of nitrogens with zero attached hydrogens (tertiary/aromatic N) is 3. The van der Waals surface area contributed by atoms with Crippen LogP contribution in [0, 0.1) is 6.92 Å². The van der Waals surface area contributed by atoms with Crippen LogP contribution in [0.5, 0.6) is 0 Å². The highest BCUT2D eigenvalue weighted by atomic mass is 79.9. The molecule has 0 fully saturated rings. The topological polar surface area (TPSA) is 54.8 Å². The summed E-state index contributed by atoms with van der Waals surface area (Å²) in [5, 5.41) is 0. The monoisotopic (exact) mass is 581 g/mol. The number of halogens is 1. The molecule has 0 atom stereocenters. The first-order valence-electron chi connectivity index (χ1n) is 13.5. The number of unbranched alkanes of at least 4 members (excludes halogenated alkanes) is 1. The number of hydrogen-bond acceptors (Lipinski definition) is 3. The second kappa shape index (κ2) is 15.5. The summed E-state index contributed by atoms with van der Waals surface area (Å²) in [6, 6.07) is 19.9. The Balaban J connectivity index is 1.75. The fourth-order valence-corrected chi connectivity index (χ4v) is 4.53. The molecule has 7 heteroatoms. The molecule has 204 valence electrons. The average Bonchev–Trinajstić information content (AvgIpc) is 3.35. The summed E-state index contributed by atoms with van der Waals surface area (Å²) in [4.78, 5) is 30.6. The summed E-state index contributed by atoms with van der Waals surface area (Å²) in [7, 11) is 0. The van der Waals surface area contributed by atoms with Crippen molar-refractivity contribution in [3.63, 3.8) is 0 Å². The zero-order valence-electron chi connectivity index (χ0n) is 22.9. The van der Waals surface area contributed by atoms with E-state index in [0.29, 0.717) is 44.8 Å². The van der Waals surface area contributed by atoms with E-state index >= 15 is 0 Å². The summed E-state index contributed by atoms with van der Waals surface area (Å²) in [5.74, 6) is -0.157. The van der Waals surface area contributed by atoms with Gasteiger partial charge in [0.15, 0.2) is 0 Å². The molecule has 2 amide bonds. The maximum atomic E-state index is 13.7. The summed E-state index contributed by atoms with van der Waals surface area (Å²) in [5.41, 5.74) is 3.96. The smallest absolute Gasteiger partial charge is 0.254 e. The molecule has 38 heavy (non-hydrogen) atoms. The highest BCUT2D eigenvalue weighted by Gasteiger charge is 2.23. The quantitative estimate of drug-likeness (QED) is 0.198. The van der Waals surface area contributed by atoms with E-state index in [0.717, 1.165) is 35.1 Å². The van der Waals surface area contributed by atoms with E-state index in [1.807, 2.05) is 61.2 Å². The Morgan fingerprint density at radius 2 is 1.63 bits per heavy atom. The summed E-state index contributed by atoms with van der Waals surface area (Å²) < 4.78 is 8.73. The normalized spacial score (nSPS) is 10.9. The van der Waals surface area contributed by atoms with Crippen LogP contribution >= 0.6 is 15.9 Å². The second-order valence-corrected chi connectivity index (χ2v) is 10.5. The zero-order chi connectivity index (χ0) is 27.3. The van der Waals surface area contributed by atoms with E-state index in [-0.39, 0.29) is 18.4 Å². The molecule has 3 aromatic rings. The number of hydrogen-bond donors (Lipinski definition) is 0. The standard InChI is InChI=1S/C31H40BrN3O3/c1-4-6-18-34(23-29-9-7-19-33(29)22-26-12-16-28(32)17-13-26)30(36)24-35(20-8-21-38-5-2)31(37)27-14-10-25(3)11-15-27/h7,9-17,19H,4-6,8,18,20-24H2,1-3H3. The predicted molar refractivity (Wildman–Crippen MR) is 156 cm³/mol. The molecule has 0 aliphatic rings. The van der Waals surface area contributed by atoms with Crippen molar-refractivity contribution >= 4 is 27.7 Å². The Kier molecular flexibility index (Phi) is 12.1. The van der Waals surface area contributed by atoms with Crippen molar-refractivity contribution in [3.05, 3.63) is 93.7 Å². The van der Waals surface area contributed by atoms with Crippen molar-refractivity contribution in [2.24, 2.45) is 0 Å². The molecule has 0 radical (unpaired) electrons. The van der Waals surface area contributed by atoms with Gasteiger partial charge in [0.25, 0.3) is 5.91 Å². The third-order valence-electron chi connectivity index (χ3n) is 6.51. The summed E-state index contributed by atoms with van der Waals surface area (Å²) in [6.07, 6.45) is 4.64. The molecule has 0 bridgehead atoms. The van der Waals surface area contributed by atoms with Crippen LogP contribution in [0.15, 0.2) is 71.3 Å². The van der Waals surface area contributed by atoms with E-state index in [4.69, 9.17) is 4.74 Å². The van der Waals surface area contributed by atoms with Gasteiger partial charge in [-0.2, -0.15) is 0 Å². The van der Waals surface area contributed by atoms with Crippen molar-refractivity contribution in [1.29, 1.82) is 0 Å². The maximum absolute atomic E-state index is 13.7. The Morgan fingerprint density at radius 3 is 2.32 bits per heavy atom. The van der Waals surface area contributed by atoms with Gasteiger partial charge in [-0.3, -0.25) is 9.59 Å². The number of benzene rings is 2. The molecule has 0 spiro atoms. The fraction of sp³-hybridized carbons (Fsp3) is 0.419.